The number of carbonyl (C=O) groups excluding carboxylic acids is 1. The van der Waals surface area contributed by atoms with Crippen LogP contribution in [0.15, 0.2) is 30.9 Å². The average molecular weight is 476 g/mol. The smallest absolute Gasteiger partial charge is 0.238 e. The number of fused-ring (bicyclic) bond motifs is 1. The lowest BCUT2D eigenvalue weighted by atomic mass is 10.2. The first-order valence-corrected chi connectivity index (χ1v) is 11.6. The van der Waals surface area contributed by atoms with Crippen LogP contribution in [0.1, 0.15) is 19.0 Å². The number of hydrogen-bond acceptors (Lipinski definition) is 9. The Morgan fingerprint density at radius 1 is 1.14 bits per heavy atom. The number of amides is 1. The van der Waals surface area contributed by atoms with Gasteiger partial charge in [0.15, 0.2) is 11.5 Å². The fourth-order valence-electron chi connectivity index (χ4n) is 4.23. The molecular weight excluding hydrogens is 446 g/mol. The Morgan fingerprint density at radius 3 is 2.74 bits per heavy atom. The molecule has 0 aliphatic carbocycles. The number of aromatic nitrogens is 7. The minimum Gasteiger partial charge on any atom is -0.337 e. The summed E-state index contributed by atoms with van der Waals surface area (Å²) in [5.41, 5.74) is 3.63. The van der Waals surface area contributed by atoms with Crippen LogP contribution in [0.5, 0.6) is 0 Å². The van der Waals surface area contributed by atoms with E-state index < -0.39 is 0 Å². The van der Waals surface area contributed by atoms with E-state index in [9.17, 15) is 4.79 Å². The molecule has 5 heterocycles. The van der Waals surface area contributed by atoms with E-state index in [1.807, 2.05) is 33.3 Å². The molecule has 0 radical (unpaired) electrons. The van der Waals surface area contributed by atoms with Crippen molar-refractivity contribution >= 4 is 45.8 Å². The number of nitrogens with one attached hydrogen (secondary N) is 3. The maximum Gasteiger partial charge on any atom is 0.238 e. The monoisotopic (exact) mass is 475 g/mol. The van der Waals surface area contributed by atoms with Crippen LogP contribution in [-0.4, -0.2) is 65.0 Å². The zero-order chi connectivity index (χ0) is 24.5. The lowest BCUT2D eigenvalue weighted by Crippen LogP contribution is -2.31. The molecule has 3 N–H and O–H groups in total. The molecule has 5 rings (SSSR count). The molecule has 0 unspecified atom stereocenters. The van der Waals surface area contributed by atoms with Crippen LogP contribution in [0.4, 0.5) is 28.8 Å². The van der Waals surface area contributed by atoms with Crippen LogP contribution in [-0.2, 0) is 18.9 Å². The average Bonchev–Trinajstić information content (AvgIpc) is 3.50. The van der Waals surface area contributed by atoms with Crippen LogP contribution in [0.2, 0.25) is 0 Å². The Balaban J connectivity index is 1.32. The Kier molecular flexibility index (Phi) is 6.03. The van der Waals surface area contributed by atoms with Gasteiger partial charge in [-0.25, -0.2) is 9.67 Å². The molecule has 35 heavy (non-hydrogen) atoms. The van der Waals surface area contributed by atoms with Crippen molar-refractivity contribution in [2.45, 2.75) is 20.3 Å². The van der Waals surface area contributed by atoms with Crippen LogP contribution >= 0.6 is 0 Å². The molecule has 0 bridgehead atoms. The van der Waals surface area contributed by atoms with Gasteiger partial charge >= 0.3 is 0 Å². The van der Waals surface area contributed by atoms with Gasteiger partial charge in [-0.05, 0) is 31.9 Å². The molecule has 12 heteroatoms. The molecule has 1 aliphatic heterocycles. The Labute approximate surface area is 202 Å². The molecule has 0 spiro atoms. The summed E-state index contributed by atoms with van der Waals surface area (Å²) in [5.74, 6) is 1.66. The van der Waals surface area contributed by atoms with Crippen molar-refractivity contribution in [2.75, 3.05) is 35.6 Å². The summed E-state index contributed by atoms with van der Waals surface area (Å²) in [4.78, 5) is 28.2. The summed E-state index contributed by atoms with van der Waals surface area (Å²) >= 11 is 0. The Bertz CT molecular complexity index is 1380. The number of nitrogens with zero attached hydrogens (tertiary/aromatic N) is 8. The van der Waals surface area contributed by atoms with Gasteiger partial charge in [0.2, 0.25) is 11.9 Å². The van der Waals surface area contributed by atoms with Gasteiger partial charge in [-0.15, -0.1) is 0 Å². The van der Waals surface area contributed by atoms with Gasteiger partial charge in [-0.3, -0.25) is 19.4 Å². The highest BCUT2D eigenvalue weighted by atomic mass is 16.2. The van der Waals surface area contributed by atoms with Crippen molar-refractivity contribution in [3.63, 3.8) is 0 Å². The van der Waals surface area contributed by atoms with Crippen LogP contribution < -0.4 is 16.0 Å². The minimum absolute atomic E-state index is 0.0407. The first-order valence-electron chi connectivity index (χ1n) is 11.6. The van der Waals surface area contributed by atoms with Gasteiger partial charge in [0, 0.05) is 33.0 Å². The molecule has 1 aliphatic rings. The molecule has 0 aromatic carbocycles. The highest BCUT2D eigenvalue weighted by Crippen LogP contribution is 2.27. The maximum atomic E-state index is 12.5. The fourth-order valence-corrected chi connectivity index (χ4v) is 4.23. The molecule has 4 aromatic rings. The Morgan fingerprint density at radius 2 is 2.00 bits per heavy atom. The van der Waals surface area contributed by atoms with Gasteiger partial charge < -0.3 is 16.0 Å². The van der Waals surface area contributed by atoms with Gasteiger partial charge in [-0.1, -0.05) is 6.92 Å². The van der Waals surface area contributed by atoms with Gasteiger partial charge in [0.1, 0.15) is 0 Å². The number of carbonyl (C=O) groups is 1. The van der Waals surface area contributed by atoms with E-state index in [-0.39, 0.29) is 5.91 Å². The molecule has 1 fully saturated rings. The summed E-state index contributed by atoms with van der Waals surface area (Å²) < 4.78 is 3.39. The van der Waals surface area contributed by atoms with E-state index in [2.05, 4.69) is 52.9 Å². The summed E-state index contributed by atoms with van der Waals surface area (Å²) in [6.07, 6.45) is 8.08. The second kappa shape index (κ2) is 9.29. The van der Waals surface area contributed by atoms with E-state index >= 15 is 0 Å². The van der Waals surface area contributed by atoms with Gasteiger partial charge in [0.25, 0.3) is 0 Å². The number of hydrogen-bond donors (Lipinski definition) is 3. The number of aryl methyl sites for hydroxylation is 3. The lowest BCUT2D eigenvalue weighted by molar-refractivity contribution is -0.117. The van der Waals surface area contributed by atoms with E-state index in [1.54, 1.807) is 28.0 Å². The normalized spacial score (nSPS) is 16.1. The van der Waals surface area contributed by atoms with Crippen LogP contribution in [0.25, 0.3) is 11.0 Å². The number of likely N-dealkylation sites (tertiary alicyclic amines) is 1. The summed E-state index contributed by atoms with van der Waals surface area (Å²) in [6, 6.07) is 1.87. The van der Waals surface area contributed by atoms with Crippen molar-refractivity contribution in [3.05, 3.63) is 36.5 Å². The highest BCUT2D eigenvalue weighted by molar-refractivity contribution is 5.93. The second-order valence-electron chi connectivity index (χ2n) is 9.09. The zero-order valence-electron chi connectivity index (χ0n) is 20.3. The molecule has 4 aromatic heterocycles. The van der Waals surface area contributed by atoms with Gasteiger partial charge in [0.05, 0.1) is 47.1 Å². The molecule has 12 nitrogen and oxygen atoms in total. The van der Waals surface area contributed by atoms with E-state index in [1.165, 1.54) is 0 Å². The number of pyridine rings is 1. The van der Waals surface area contributed by atoms with Crippen molar-refractivity contribution in [1.29, 1.82) is 0 Å². The summed E-state index contributed by atoms with van der Waals surface area (Å²) in [6.45, 7) is 6.42. The summed E-state index contributed by atoms with van der Waals surface area (Å²) in [7, 11) is 3.68. The Hall–Kier alpha value is -4.06. The first-order chi connectivity index (χ1) is 16.8. The SMILES string of the molecule is Cc1ncc(NC(=O)CN2CC[C@H](C)C2)cc1Nc1nn(C)c2nc(Nc3cnn(C)c3)ncc12. The fraction of sp³-hybridized carbons (Fsp3) is 0.391. The topological polar surface area (TPSA) is 131 Å². The van der Waals surface area contributed by atoms with E-state index in [0.717, 1.165) is 42.0 Å². The highest BCUT2D eigenvalue weighted by Gasteiger charge is 2.21. The number of rotatable bonds is 7. The van der Waals surface area contributed by atoms with Crippen molar-refractivity contribution < 1.29 is 4.79 Å². The molecule has 1 amide bonds. The molecular formula is C23H29N11O. The summed E-state index contributed by atoms with van der Waals surface area (Å²) in [5, 5.41) is 18.9. The third-order valence-electron chi connectivity index (χ3n) is 6.04. The molecule has 1 saturated heterocycles. The van der Waals surface area contributed by atoms with Crippen LogP contribution in [0, 0.1) is 12.8 Å². The lowest BCUT2D eigenvalue weighted by Gasteiger charge is -2.15. The standard InChI is InChI=1S/C23H29N11O/c1-14-5-6-34(11-14)13-20(35)27-16-7-19(15(2)24-8-16)29-21-18-10-25-23(30-22(18)33(4)31-21)28-17-9-26-32(3)12-17/h7-10,12,14H,5-6,11,13H2,1-4H3,(H,27,35)(H,29,31)(H,25,28,30)/t14-/m0/s1. The minimum atomic E-state index is -0.0407. The second-order valence-corrected chi connectivity index (χ2v) is 9.09. The quantitative estimate of drug-likeness (QED) is 0.369. The maximum absolute atomic E-state index is 12.5. The molecule has 182 valence electrons. The third kappa shape index (κ3) is 5.06. The molecule has 1 atom stereocenters. The van der Waals surface area contributed by atoms with E-state index in [0.29, 0.717) is 35.6 Å². The number of anilines is 5. The largest absolute Gasteiger partial charge is 0.337 e. The van der Waals surface area contributed by atoms with Crippen molar-refractivity contribution in [1.82, 2.24) is 39.4 Å². The molecule has 0 saturated carbocycles. The van der Waals surface area contributed by atoms with Crippen molar-refractivity contribution in [2.24, 2.45) is 20.0 Å². The predicted octanol–water partition coefficient (Wildman–Crippen LogP) is 2.57. The third-order valence-corrected chi connectivity index (χ3v) is 6.04. The predicted molar refractivity (Wildman–Crippen MR) is 134 cm³/mol. The van der Waals surface area contributed by atoms with Crippen LogP contribution in [0.3, 0.4) is 0 Å². The van der Waals surface area contributed by atoms with Gasteiger partial charge in [-0.2, -0.15) is 15.2 Å². The van der Waals surface area contributed by atoms with E-state index in [4.69, 9.17) is 0 Å². The van der Waals surface area contributed by atoms with Crippen molar-refractivity contribution in [3.8, 4) is 0 Å². The first kappa shape index (κ1) is 22.7. The zero-order valence-corrected chi connectivity index (χ0v) is 20.3.